The topological polar surface area (TPSA) is 0 Å². The Balaban J connectivity index is 1.74. The van der Waals surface area contributed by atoms with Crippen LogP contribution < -0.4 is 0 Å². The molecule has 0 radical (unpaired) electrons. The second-order valence-electron chi connectivity index (χ2n) is 10.6. The molecule has 35 heavy (non-hydrogen) atoms. The fourth-order valence-corrected chi connectivity index (χ4v) is 7.11. The third-order valence-corrected chi connectivity index (χ3v) is 9.21. The van der Waals surface area contributed by atoms with E-state index in [0.717, 1.165) is 6.42 Å². The monoisotopic (exact) mass is 596 g/mol. The van der Waals surface area contributed by atoms with Crippen LogP contribution in [0.25, 0.3) is 5.57 Å². The van der Waals surface area contributed by atoms with Crippen molar-refractivity contribution in [3.63, 3.8) is 0 Å². The lowest BCUT2D eigenvalue weighted by Crippen LogP contribution is -2.30. The Morgan fingerprint density at radius 1 is 0.857 bits per heavy atom. The van der Waals surface area contributed by atoms with Crippen molar-refractivity contribution in [2.45, 2.75) is 108 Å². The summed E-state index contributed by atoms with van der Waals surface area (Å²) in [4.78, 5) is 0.417. The lowest BCUT2D eigenvalue weighted by molar-refractivity contribution is 0.487. The molecule has 0 heterocycles. The summed E-state index contributed by atoms with van der Waals surface area (Å²) in [5.74, 6) is 0. The summed E-state index contributed by atoms with van der Waals surface area (Å²) in [5.41, 5.74) is 9.06. The highest BCUT2D eigenvalue weighted by atomic mass is 79.9. The Kier molecular flexibility index (Phi) is 9.93. The molecule has 0 bridgehead atoms. The average molecular weight is 599 g/mol. The van der Waals surface area contributed by atoms with Crippen LogP contribution in [-0.4, -0.2) is 4.83 Å². The highest BCUT2D eigenvalue weighted by molar-refractivity contribution is 9.10. The van der Waals surface area contributed by atoms with Crippen LogP contribution in [0.15, 0.2) is 64.7 Å². The lowest BCUT2D eigenvalue weighted by Gasteiger charge is -2.37. The third kappa shape index (κ3) is 6.07. The molecular formula is C33H42Br2. The molecule has 0 saturated heterocycles. The van der Waals surface area contributed by atoms with Crippen LogP contribution >= 0.6 is 31.9 Å². The molecule has 0 aliphatic heterocycles. The number of aryl methyl sites for hydroxylation is 1. The summed E-state index contributed by atoms with van der Waals surface area (Å²) < 4.78 is 1.19. The first-order valence-electron chi connectivity index (χ1n) is 14.1. The van der Waals surface area contributed by atoms with E-state index in [-0.39, 0.29) is 5.41 Å². The molecule has 0 saturated carbocycles. The van der Waals surface area contributed by atoms with Gasteiger partial charge in [0.25, 0.3) is 0 Å². The van der Waals surface area contributed by atoms with E-state index in [2.05, 4.69) is 100 Å². The molecule has 2 aromatic carbocycles. The van der Waals surface area contributed by atoms with E-state index >= 15 is 0 Å². The van der Waals surface area contributed by atoms with Gasteiger partial charge in [-0.25, -0.2) is 0 Å². The van der Waals surface area contributed by atoms with Gasteiger partial charge in [-0.15, -0.1) is 0 Å². The van der Waals surface area contributed by atoms with Crippen molar-refractivity contribution in [1.82, 2.24) is 0 Å². The number of allylic oxidation sites excluding steroid dienone is 4. The summed E-state index contributed by atoms with van der Waals surface area (Å²) in [7, 11) is 0. The van der Waals surface area contributed by atoms with E-state index in [4.69, 9.17) is 0 Å². The Morgan fingerprint density at radius 3 is 2.40 bits per heavy atom. The predicted molar refractivity (Wildman–Crippen MR) is 161 cm³/mol. The summed E-state index contributed by atoms with van der Waals surface area (Å²) in [6.07, 6.45) is 21.5. The molecule has 2 aliphatic carbocycles. The predicted octanol–water partition coefficient (Wildman–Crippen LogP) is 11.1. The van der Waals surface area contributed by atoms with Gasteiger partial charge in [0.1, 0.15) is 0 Å². The summed E-state index contributed by atoms with van der Waals surface area (Å²) in [6, 6.07) is 16.7. The molecule has 0 aromatic heterocycles. The minimum absolute atomic E-state index is 0.0184. The number of hydrogen-bond donors (Lipinski definition) is 0. The Morgan fingerprint density at radius 2 is 1.60 bits per heavy atom. The van der Waals surface area contributed by atoms with Crippen molar-refractivity contribution >= 4 is 37.4 Å². The SMILES string of the molecule is CCCCCCCCC1(c2cccc(CCCCCC)c2)C2=C(C=CC(Br)C2)c2ccc(Br)cc21. The molecule has 2 heteroatoms. The van der Waals surface area contributed by atoms with Gasteiger partial charge < -0.3 is 0 Å². The van der Waals surface area contributed by atoms with Crippen molar-refractivity contribution < 1.29 is 0 Å². The molecule has 0 N–H and O–H groups in total. The van der Waals surface area contributed by atoms with Gasteiger partial charge in [-0.05, 0) is 71.2 Å². The third-order valence-electron chi connectivity index (χ3n) is 8.09. The standard InChI is InChI=1S/C33H42Br2/c1-3-5-7-9-10-12-21-33(26-16-13-15-25(22-26)14-11-8-6-4-2)31-23-27(34)17-19-29(31)30-20-18-28(35)24-32(30)33/h13,15-20,22-23,28H,3-12,14,21,24H2,1-2H3. The van der Waals surface area contributed by atoms with Crippen LogP contribution in [-0.2, 0) is 11.8 Å². The minimum Gasteiger partial charge on any atom is -0.0842 e. The normalized spacial score (nSPS) is 20.9. The number of unbranched alkanes of at least 4 members (excludes halogenated alkanes) is 8. The van der Waals surface area contributed by atoms with E-state index in [0.29, 0.717) is 4.83 Å². The van der Waals surface area contributed by atoms with Crippen LogP contribution in [0.2, 0.25) is 0 Å². The molecule has 188 valence electrons. The van der Waals surface area contributed by atoms with E-state index in [1.807, 2.05) is 0 Å². The maximum absolute atomic E-state index is 3.95. The zero-order valence-corrected chi connectivity index (χ0v) is 24.9. The number of halogens is 2. The maximum Gasteiger partial charge on any atom is 0.0427 e. The van der Waals surface area contributed by atoms with Gasteiger partial charge in [-0.3, -0.25) is 0 Å². The largest absolute Gasteiger partial charge is 0.0842 e. The van der Waals surface area contributed by atoms with E-state index in [1.54, 1.807) is 5.57 Å². The highest BCUT2D eigenvalue weighted by Gasteiger charge is 2.46. The van der Waals surface area contributed by atoms with Crippen LogP contribution in [0.1, 0.15) is 113 Å². The first-order valence-corrected chi connectivity index (χ1v) is 15.8. The highest BCUT2D eigenvalue weighted by Crippen LogP contribution is 2.57. The molecule has 2 atom stereocenters. The fourth-order valence-electron chi connectivity index (χ4n) is 6.28. The second kappa shape index (κ2) is 12.9. The quantitative estimate of drug-likeness (QED) is 0.159. The summed E-state index contributed by atoms with van der Waals surface area (Å²) in [6.45, 7) is 4.60. The maximum atomic E-state index is 3.95. The first-order chi connectivity index (χ1) is 17.1. The van der Waals surface area contributed by atoms with Gasteiger partial charge in [0, 0.05) is 14.7 Å². The lowest BCUT2D eigenvalue weighted by atomic mass is 9.66. The van der Waals surface area contributed by atoms with Gasteiger partial charge in [0.2, 0.25) is 0 Å². The molecule has 0 amide bonds. The number of benzene rings is 2. The van der Waals surface area contributed by atoms with E-state index in [1.165, 1.54) is 109 Å². The van der Waals surface area contributed by atoms with Gasteiger partial charge in [-0.2, -0.15) is 0 Å². The Bertz CT molecular complexity index is 1050. The van der Waals surface area contributed by atoms with E-state index < -0.39 is 0 Å². The zero-order chi connectivity index (χ0) is 24.7. The molecule has 0 nitrogen and oxygen atoms in total. The van der Waals surface area contributed by atoms with Crippen LogP contribution in [0.4, 0.5) is 0 Å². The second-order valence-corrected chi connectivity index (χ2v) is 12.7. The number of alkyl halides is 1. The van der Waals surface area contributed by atoms with Crippen molar-refractivity contribution in [3.05, 3.63) is 86.9 Å². The van der Waals surface area contributed by atoms with Gasteiger partial charge in [0.05, 0.1) is 0 Å². The number of fused-ring (bicyclic) bond motifs is 2. The smallest absolute Gasteiger partial charge is 0.0427 e. The molecule has 2 unspecified atom stereocenters. The van der Waals surface area contributed by atoms with Crippen molar-refractivity contribution in [3.8, 4) is 0 Å². The van der Waals surface area contributed by atoms with Gasteiger partial charge in [-0.1, -0.05) is 146 Å². The number of rotatable bonds is 13. The Labute approximate surface area is 230 Å². The summed E-state index contributed by atoms with van der Waals surface area (Å²) >= 11 is 7.78. The number of hydrogen-bond acceptors (Lipinski definition) is 0. The Hall–Kier alpha value is -1.12. The molecule has 0 fully saturated rings. The molecular weight excluding hydrogens is 556 g/mol. The van der Waals surface area contributed by atoms with Crippen LogP contribution in [0.3, 0.4) is 0 Å². The first kappa shape index (κ1) is 26.9. The molecule has 2 aromatic rings. The van der Waals surface area contributed by atoms with Crippen LogP contribution in [0, 0.1) is 0 Å². The zero-order valence-electron chi connectivity index (χ0n) is 21.7. The van der Waals surface area contributed by atoms with Crippen molar-refractivity contribution in [1.29, 1.82) is 0 Å². The van der Waals surface area contributed by atoms with Crippen LogP contribution in [0.5, 0.6) is 0 Å². The fraction of sp³-hybridized carbons (Fsp3) is 0.515. The van der Waals surface area contributed by atoms with Crippen molar-refractivity contribution in [2.24, 2.45) is 0 Å². The molecule has 4 rings (SSSR count). The van der Waals surface area contributed by atoms with Gasteiger partial charge >= 0.3 is 0 Å². The summed E-state index contributed by atoms with van der Waals surface area (Å²) in [5, 5.41) is 0. The van der Waals surface area contributed by atoms with Crippen molar-refractivity contribution in [2.75, 3.05) is 0 Å². The minimum atomic E-state index is -0.0184. The van der Waals surface area contributed by atoms with Gasteiger partial charge in [0.15, 0.2) is 0 Å². The van der Waals surface area contributed by atoms with E-state index in [9.17, 15) is 0 Å². The average Bonchev–Trinajstić information content (AvgIpc) is 3.13. The molecule has 0 spiro atoms. The molecule has 2 aliphatic rings.